The van der Waals surface area contributed by atoms with E-state index in [-0.39, 0.29) is 6.16 Å². The lowest BCUT2D eigenvalue weighted by molar-refractivity contribution is 0.283. The lowest BCUT2D eigenvalue weighted by Gasteiger charge is -2.14. The number of hydrogen-bond acceptors (Lipinski definition) is 5. The maximum absolute atomic E-state index is 11.2. The van der Waals surface area contributed by atoms with Crippen molar-refractivity contribution in [2.75, 3.05) is 6.16 Å². The summed E-state index contributed by atoms with van der Waals surface area (Å²) in [4.78, 5) is 16.9. The molecule has 0 spiro atoms. The van der Waals surface area contributed by atoms with Gasteiger partial charge in [0.2, 0.25) is 7.57 Å². The Bertz CT molecular complexity index is 287. The molecule has 7 nitrogen and oxygen atoms in total. The van der Waals surface area contributed by atoms with Crippen molar-refractivity contribution in [1.82, 2.24) is 0 Å². The molecule has 0 aliphatic heterocycles. The van der Waals surface area contributed by atoms with Gasteiger partial charge in [0.1, 0.15) is 0 Å². The summed E-state index contributed by atoms with van der Waals surface area (Å²) in [6.45, 7) is 1.49. The molecule has 0 aromatic rings. The molecule has 0 aliphatic rings. The van der Waals surface area contributed by atoms with Crippen LogP contribution in [0.3, 0.4) is 0 Å². The third-order valence-corrected chi connectivity index (χ3v) is 5.95. The van der Waals surface area contributed by atoms with Crippen molar-refractivity contribution in [3.63, 3.8) is 0 Å². The Morgan fingerprint density at radius 3 is 2.31 bits per heavy atom. The Morgan fingerprint density at radius 1 is 1.54 bits per heavy atom. The van der Waals surface area contributed by atoms with Crippen LogP contribution in [0.15, 0.2) is 0 Å². The fourth-order valence-corrected chi connectivity index (χ4v) is 3.82. The van der Waals surface area contributed by atoms with Crippen LogP contribution in [0.5, 0.6) is 0 Å². The first-order valence-corrected chi connectivity index (χ1v) is 8.23. The maximum atomic E-state index is 11.2. The molecule has 2 N–H and O–H groups in total. The Morgan fingerprint density at radius 2 is 2.00 bits per heavy atom. The van der Waals surface area contributed by atoms with Crippen LogP contribution in [0.2, 0.25) is 0 Å². The Hall–Kier alpha value is 0.595. The highest BCUT2D eigenvalue weighted by Gasteiger charge is 2.31. The predicted molar refractivity (Wildman–Crippen MR) is 49.9 cm³/mol. The van der Waals surface area contributed by atoms with Crippen molar-refractivity contribution in [2.45, 2.75) is 6.92 Å². The van der Waals surface area contributed by atoms with Gasteiger partial charge in [0, 0.05) is 6.16 Å². The second-order valence-electron chi connectivity index (χ2n) is 2.24. The molecule has 3 atom stereocenters. The van der Waals surface area contributed by atoms with E-state index >= 15 is 0 Å². The molecule has 0 rings (SSSR count). The monoisotopic (exact) mass is 250 g/mol. The fraction of sp³-hybridized carbons (Fsp3) is 1.00. The van der Waals surface area contributed by atoms with Gasteiger partial charge < -0.3 is 14.4 Å². The van der Waals surface area contributed by atoms with Gasteiger partial charge in [0.25, 0.3) is 0 Å². The smallest absolute Gasteiger partial charge is 0.326 e. The highest BCUT2D eigenvalue weighted by Crippen LogP contribution is 2.62. The van der Waals surface area contributed by atoms with E-state index in [4.69, 9.17) is 9.79 Å². The fourth-order valence-electron chi connectivity index (χ4n) is 0.391. The molecule has 0 fully saturated rings. The first-order valence-electron chi connectivity index (χ1n) is 3.22. The second-order valence-corrected chi connectivity index (χ2v) is 7.75. The van der Waals surface area contributed by atoms with Gasteiger partial charge in [-0.05, 0) is 0 Å². The standard InChI is InChI=1S/C2H10BO7P3/c1-2-12(3,6)10-13(7,8)9-11(4)5/h11H,2-3H2,1H3,(H,4,5)(H,7,8). The van der Waals surface area contributed by atoms with Crippen molar-refractivity contribution < 1.29 is 32.1 Å². The minimum Gasteiger partial charge on any atom is -0.326 e. The summed E-state index contributed by atoms with van der Waals surface area (Å²) in [7, 11) is -10.3. The minimum absolute atomic E-state index is 0.0350. The van der Waals surface area contributed by atoms with Crippen LogP contribution < -0.4 is 0 Å². The lowest BCUT2D eigenvalue weighted by Crippen LogP contribution is -1.92. The third-order valence-electron chi connectivity index (χ3n) is 1.04. The summed E-state index contributed by atoms with van der Waals surface area (Å²) in [6.07, 6.45) is 0.0350. The molecular weight excluding hydrogens is 240 g/mol. The topological polar surface area (TPSA) is 110 Å². The van der Waals surface area contributed by atoms with Crippen LogP contribution in [0, 0.1) is 0 Å². The van der Waals surface area contributed by atoms with Gasteiger partial charge in [0.05, 0.1) is 0 Å². The van der Waals surface area contributed by atoms with Crippen LogP contribution in [-0.2, 0) is 22.3 Å². The second kappa shape index (κ2) is 4.90. The maximum Gasteiger partial charge on any atom is 0.484 e. The number of phosphoric acid groups is 1. The van der Waals surface area contributed by atoms with E-state index in [2.05, 4.69) is 8.62 Å². The molecule has 0 saturated heterocycles. The third kappa shape index (κ3) is 6.64. The molecular formula is C2H10BO7P3. The Kier molecular flexibility index (Phi) is 5.12. The van der Waals surface area contributed by atoms with E-state index in [1.54, 1.807) is 0 Å². The zero-order valence-electron chi connectivity index (χ0n) is 7.04. The number of rotatable bonds is 5. The van der Waals surface area contributed by atoms with Crippen molar-refractivity contribution >= 4 is 30.9 Å². The van der Waals surface area contributed by atoms with Crippen molar-refractivity contribution in [3.8, 4) is 0 Å². The van der Waals surface area contributed by atoms with Crippen molar-refractivity contribution in [2.24, 2.45) is 0 Å². The quantitative estimate of drug-likeness (QED) is 0.534. The summed E-state index contributed by atoms with van der Waals surface area (Å²) in [6, 6.07) is 0. The molecule has 0 radical (unpaired) electrons. The van der Waals surface area contributed by atoms with Crippen LogP contribution in [0.1, 0.15) is 6.92 Å². The molecule has 78 valence electrons. The molecule has 3 unspecified atom stereocenters. The van der Waals surface area contributed by atoms with Crippen LogP contribution in [-0.4, -0.2) is 23.5 Å². The van der Waals surface area contributed by atoms with Crippen molar-refractivity contribution in [1.29, 1.82) is 0 Å². The molecule has 0 saturated carbocycles. The zero-order chi connectivity index (χ0) is 10.7. The summed E-state index contributed by atoms with van der Waals surface area (Å²) in [5, 5.41) is 0. The molecule has 0 heterocycles. The van der Waals surface area contributed by atoms with Gasteiger partial charge in [-0.2, -0.15) is 0 Å². The predicted octanol–water partition coefficient (Wildman–Crippen LogP) is 0.348. The first-order chi connectivity index (χ1) is 5.68. The van der Waals surface area contributed by atoms with Crippen molar-refractivity contribution in [3.05, 3.63) is 0 Å². The van der Waals surface area contributed by atoms with Gasteiger partial charge in [-0.15, -0.1) is 0 Å². The van der Waals surface area contributed by atoms with Gasteiger partial charge in [-0.3, -0.25) is 4.57 Å². The Balaban J connectivity index is 4.43. The average Bonchev–Trinajstić information content (AvgIpc) is 1.81. The van der Waals surface area contributed by atoms with Gasteiger partial charge >= 0.3 is 16.1 Å². The van der Waals surface area contributed by atoms with E-state index in [0.717, 1.165) is 7.57 Å². The molecule has 11 heteroatoms. The molecule has 0 amide bonds. The zero-order valence-corrected chi connectivity index (χ0v) is 9.83. The average molecular weight is 250 g/mol. The number of hydrogen-bond donors (Lipinski definition) is 2. The molecule has 0 aliphatic carbocycles. The van der Waals surface area contributed by atoms with Gasteiger partial charge in [0.15, 0.2) is 7.25 Å². The molecule has 0 aromatic heterocycles. The van der Waals surface area contributed by atoms with Gasteiger partial charge in [-0.25, -0.2) is 13.2 Å². The van der Waals surface area contributed by atoms with E-state index in [0.29, 0.717) is 0 Å². The Labute approximate surface area is 76.8 Å². The van der Waals surface area contributed by atoms with Gasteiger partial charge in [-0.1, -0.05) is 6.92 Å². The molecule has 0 bridgehead atoms. The first kappa shape index (κ1) is 13.6. The van der Waals surface area contributed by atoms with Crippen LogP contribution in [0.25, 0.3) is 0 Å². The van der Waals surface area contributed by atoms with Crippen LogP contribution in [0.4, 0.5) is 0 Å². The summed E-state index contributed by atoms with van der Waals surface area (Å²) in [5.74, 6) is 0. The largest absolute Gasteiger partial charge is 0.484 e. The van der Waals surface area contributed by atoms with E-state index < -0.39 is 23.3 Å². The van der Waals surface area contributed by atoms with Crippen LogP contribution >= 0.6 is 23.3 Å². The van der Waals surface area contributed by atoms with E-state index in [9.17, 15) is 13.7 Å². The molecule has 13 heavy (non-hydrogen) atoms. The SMILES string of the molecule is BP(=O)(CC)OP(=O)(O)O[PH](=O)O. The summed E-state index contributed by atoms with van der Waals surface area (Å²) < 4.78 is 39.9. The molecule has 0 aromatic carbocycles. The lowest BCUT2D eigenvalue weighted by atomic mass is 10.8. The summed E-state index contributed by atoms with van der Waals surface area (Å²) >= 11 is 0. The van der Waals surface area contributed by atoms with E-state index in [1.807, 2.05) is 0 Å². The highest BCUT2D eigenvalue weighted by atomic mass is 31.3. The summed E-state index contributed by atoms with van der Waals surface area (Å²) in [5.41, 5.74) is 0. The minimum atomic E-state index is -4.67. The highest BCUT2D eigenvalue weighted by molar-refractivity contribution is 7.87. The normalized spacial score (nSPS) is 23.0. The van der Waals surface area contributed by atoms with E-state index in [1.165, 1.54) is 6.92 Å².